The van der Waals surface area contributed by atoms with Gasteiger partial charge < -0.3 is 15.7 Å². The van der Waals surface area contributed by atoms with Crippen LogP contribution in [0, 0.1) is 0 Å². The van der Waals surface area contributed by atoms with Gasteiger partial charge in [0, 0.05) is 11.6 Å². The van der Waals surface area contributed by atoms with Gasteiger partial charge in [0.2, 0.25) is 0 Å². The van der Waals surface area contributed by atoms with Crippen molar-refractivity contribution in [2.75, 3.05) is 6.54 Å². The Kier molecular flexibility index (Phi) is 6.29. The second-order valence-corrected chi connectivity index (χ2v) is 4.96. The lowest BCUT2D eigenvalue weighted by Crippen LogP contribution is -2.40. The summed E-state index contributed by atoms with van der Waals surface area (Å²) >= 11 is 5.82. The van der Waals surface area contributed by atoms with Crippen molar-refractivity contribution < 1.29 is 23.1 Å². The molecule has 21 heavy (non-hydrogen) atoms. The molecule has 0 saturated heterocycles. The number of nitrogens with one attached hydrogen (secondary N) is 2. The summed E-state index contributed by atoms with van der Waals surface area (Å²) in [7, 11) is 0. The highest BCUT2D eigenvalue weighted by atomic mass is 35.5. The third-order valence-electron chi connectivity index (χ3n) is 2.78. The van der Waals surface area contributed by atoms with E-state index in [0.717, 1.165) is 5.56 Å². The summed E-state index contributed by atoms with van der Waals surface area (Å²) in [6.45, 7) is 1.44. The van der Waals surface area contributed by atoms with Crippen LogP contribution in [0.25, 0.3) is 0 Å². The molecule has 1 aromatic carbocycles. The van der Waals surface area contributed by atoms with E-state index in [0.29, 0.717) is 5.02 Å². The van der Waals surface area contributed by atoms with Crippen LogP contribution in [-0.2, 0) is 0 Å². The van der Waals surface area contributed by atoms with E-state index in [1.54, 1.807) is 31.2 Å². The first-order valence-electron chi connectivity index (χ1n) is 6.24. The number of urea groups is 1. The van der Waals surface area contributed by atoms with Gasteiger partial charge in [-0.3, -0.25) is 0 Å². The number of halogens is 4. The number of aliphatic hydroxyl groups excluding tert-OH is 1. The molecule has 0 aromatic heterocycles. The maximum Gasteiger partial charge on any atom is 0.414 e. The lowest BCUT2D eigenvalue weighted by atomic mass is 10.1. The molecule has 0 heterocycles. The molecular weight excluding hydrogens is 309 g/mol. The molecule has 0 fully saturated rings. The van der Waals surface area contributed by atoms with Crippen LogP contribution in [0.5, 0.6) is 0 Å². The van der Waals surface area contributed by atoms with E-state index in [1.807, 2.05) is 0 Å². The SMILES string of the molecule is C[C@@H](NC(=O)NCC[C@H](O)C(F)(F)F)c1cccc(Cl)c1. The van der Waals surface area contributed by atoms with Crippen molar-refractivity contribution in [3.8, 4) is 0 Å². The summed E-state index contributed by atoms with van der Waals surface area (Å²) in [4.78, 5) is 11.5. The van der Waals surface area contributed by atoms with E-state index in [4.69, 9.17) is 16.7 Å². The van der Waals surface area contributed by atoms with E-state index < -0.39 is 24.7 Å². The number of carbonyl (C=O) groups excluding carboxylic acids is 1. The molecule has 0 spiro atoms. The van der Waals surface area contributed by atoms with Gasteiger partial charge in [0.1, 0.15) is 0 Å². The molecule has 8 heteroatoms. The quantitative estimate of drug-likeness (QED) is 0.779. The summed E-state index contributed by atoms with van der Waals surface area (Å²) < 4.78 is 36.2. The number of amides is 2. The predicted octanol–water partition coefficient (Wildman–Crippen LogP) is 3.01. The van der Waals surface area contributed by atoms with Gasteiger partial charge in [-0.2, -0.15) is 13.2 Å². The second kappa shape index (κ2) is 7.51. The number of aliphatic hydroxyl groups is 1. The van der Waals surface area contributed by atoms with Crippen LogP contribution >= 0.6 is 11.6 Å². The lowest BCUT2D eigenvalue weighted by molar-refractivity contribution is -0.204. The molecule has 118 valence electrons. The monoisotopic (exact) mass is 324 g/mol. The van der Waals surface area contributed by atoms with E-state index in [-0.39, 0.29) is 12.6 Å². The highest BCUT2D eigenvalue weighted by molar-refractivity contribution is 6.30. The summed E-state index contributed by atoms with van der Waals surface area (Å²) in [6, 6.07) is 5.90. The molecule has 0 unspecified atom stereocenters. The van der Waals surface area contributed by atoms with Gasteiger partial charge in [0.25, 0.3) is 0 Å². The van der Waals surface area contributed by atoms with Crippen molar-refractivity contribution in [1.29, 1.82) is 0 Å². The third-order valence-corrected chi connectivity index (χ3v) is 3.01. The van der Waals surface area contributed by atoms with Crippen molar-refractivity contribution in [3.63, 3.8) is 0 Å². The first-order valence-corrected chi connectivity index (χ1v) is 6.62. The predicted molar refractivity (Wildman–Crippen MR) is 73.1 cm³/mol. The largest absolute Gasteiger partial charge is 0.414 e. The van der Waals surface area contributed by atoms with Crippen LogP contribution in [0.2, 0.25) is 5.02 Å². The maximum atomic E-state index is 12.1. The van der Waals surface area contributed by atoms with Crippen LogP contribution in [0.4, 0.5) is 18.0 Å². The van der Waals surface area contributed by atoms with Gasteiger partial charge in [-0.15, -0.1) is 0 Å². The molecule has 2 amide bonds. The Morgan fingerprint density at radius 2 is 2.10 bits per heavy atom. The number of hydrogen-bond acceptors (Lipinski definition) is 2. The molecule has 1 rings (SSSR count). The number of benzene rings is 1. The topological polar surface area (TPSA) is 61.4 Å². The van der Waals surface area contributed by atoms with Gasteiger partial charge in [-0.25, -0.2) is 4.79 Å². The number of alkyl halides is 3. The minimum Gasteiger partial charge on any atom is -0.384 e. The molecule has 3 N–H and O–H groups in total. The van der Waals surface area contributed by atoms with E-state index in [1.165, 1.54) is 0 Å². The summed E-state index contributed by atoms with van der Waals surface area (Å²) in [5.74, 6) is 0. The molecule has 0 bridgehead atoms. The average Bonchev–Trinajstić information content (AvgIpc) is 2.37. The van der Waals surface area contributed by atoms with E-state index in [9.17, 15) is 18.0 Å². The number of rotatable bonds is 5. The van der Waals surface area contributed by atoms with Crippen molar-refractivity contribution in [3.05, 3.63) is 34.9 Å². The highest BCUT2D eigenvalue weighted by Crippen LogP contribution is 2.21. The Morgan fingerprint density at radius 3 is 2.67 bits per heavy atom. The van der Waals surface area contributed by atoms with Crippen LogP contribution in [-0.4, -0.2) is 30.0 Å². The van der Waals surface area contributed by atoms with Gasteiger partial charge in [-0.1, -0.05) is 23.7 Å². The Bertz CT molecular complexity index is 483. The molecule has 0 radical (unpaired) electrons. The Labute approximate surface area is 125 Å². The zero-order valence-corrected chi connectivity index (χ0v) is 12.0. The van der Waals surface area contributed by atoms with Gasteiger partial charge in [0.15, 0.2) is 6.10 Å². The standard InChI is InChI=1S/C13H16ClF3N2O2/c1-8(9-3-2-4-10(14)7-9)19-12(21)18-6-5-11(20)13(15,16)17/h2-4,7-8,11,20H,5-6H2,1H3,(H2,18,19,21)/t8-,11+/m1/s1. The number of carbonyl (C=O) groups is 1. The fourth-order valence-electron chi connectivity index (χ4n) is 1.59. The van der Waals surface area contributed by atoms with Crippen molar-refractivity contribution in [1.82, 2.24) is 10.6 Å². The maximum absolute atomic E-state index is 12.1. The molecule has 0 aliphatic carbocycles. The molecule has 0 saturated carbocycles. The average molecular weight is 325 g/mol. The smallest absolute Gasteiger partial charge is 0.384 e. The fourth-order valence-corrected chi connectivity index (χ4v) is 1.79. The summed E-state index contributed by atoms with van der Waals surface area (Å²) in [5, 5.41) is 14.1. The first-order chi connectivity index (χ1) is 9.70. The highest BCUT2D eigenvalue weighted by Gasteiger charge is 2.37. The van der Waals surface area contributed by atoms with Crippen LogP contribution in [0.3, 0.4) is 0 Å². The van der Waals surface area contributed by atoms with E-state index >= 15 is 0 Å². The second-order valence-electron chi connectivity index (χ2n) is 4.52. The van der Waals surface area contributed by atoms with E-state index in [2.05, 4.69) is 10.6 Å². The van der Waals surface area contributed by atoms with Crippen molar-refractivity contribution in [2.24, 2.45) is 0 Å². The lowest BCUT2D eigenvalue weighted by Gasteiger charge is -2.17. The molecule has 1 aromatic rings. The summed E-state index contributed by atoms with van der Waals surface area (Å²) in [5.41, 5.74) is 0.771. The zero-order chi connectivity index (χ0) is 16.0. The Hall–Kier alpha value is -1.47. The molecule has 4 nitrogen and oxygen atoms in total. The Balaban J connectivity index is 2.37. The van der Waals surface area contributed by atoms with Gasteiger partial charge in [0.05, 0.1) is 6.04 Å². The fraction of sp³-hybridized carbons (Fsp3) is 0.462. The normalized spacial score (nSPS) is 14.4. The molecule has 2 atom stereocenters. The first kappa shape index (κ1) is 17.6. The summed E-state index contributed by atoms with van der Waals surface area (Å²) in [6.07, 6.45) is -7.71. The third kappa shape index (κ3) is 6.22. The minimum absolute atomic E-state index is 0.283. The molecule has 0 aliphatic heterocycles. The van der Waals surface area contributed by atoms with Crippen molar-refractivity contribution in [2.45, 2.75) is 31.7 Å². The minimum atomic E-state index is -4.67. The molecular formula is C13H16ClF3N2O2. The van der Waals surface area contributed by atoms with Crippen LogP contribution < -0.4 is 10.6 Å². The van der Waals surface area contributed by atoms with Crippen molar-refractivity contribution >= 4 is 17.6 Å². The molecule has 0 aliphatic rings. The van der Waals surface area contributed by atoms with Crippen LogP contribution in [0.15, 0.2) is 24.3 Å². The Morgan fingerprint density at radius 1 is 1.43 bits per heavy atom. The number of hydrogen-bond donors (Lipinski definition) is 3. The van der Waals surface area contributed by atoms with Crippen LogP contribution in [0.1, 0.15) is 24.9 Å². The van der Waals surface area contributed by atoms with Gasteiger partial charge >= 0.3 is 12.2 Å². The zero-order valence-electron chi connectivity index (χ0n) is 11.2. The van der Waals surface area contributed by atoms with Gasteiger partial charge in [-0.05, 0) is 31.0 Å².